The lowest BCUT2D eigenvalue weighted by molar-refractivity contribution is -0.146. The average molecular weight is 928 g/mol. The van der Waals surface area contributed by atoms with E-state index in [2.05, 4.69) is 43.5 Å². The predicted molar refractivity (Wildman–Crippen MR) is 250 cm³/mol. The van der Waals surface area contributed by atoms with Gasteiger partial charge in [0.05, 0.1) is 43.2 Å². The number of nitrogens with zero attached hydrogens (tertiary/aromatic N) is 5. The number of hydrogen-bond donors (Lipinski definition) is 3. The van der Waals surface area contributed by atoms with Crippen LogP contribution < -0.4 is 10.6 Å². The minimum Gasteiger partial charge on any atom is -0.480 e. The number of aryl methyl sites for hydroxylation is 1. The summed E-state index contributed by atoms with van der Waals surface area (Å²) in [6.45, 7) is 13.2. The second-order valence-corrected chi connectivity index (χ2v) is 17.1. The number of carboxylic acid groups (broad SMARTS) is 1. The highest BCUT2D eigenvalue weighted by molar-refractivity contribution is 6.12. The molecule has 6 atom stereocenters. The van der Waals surface area contributed by atoms with Gasteiger partial charge in [-0.25, -0.2) is 4.79 Å². The third-order valence-corrected chi connectivity index (χ3v) is 12.1. The summed E-state index contributed by atoms with van der Waals surface area (Å²) in [5.41, 5.74) is 1.32. The molecule has 18 heteroatoms. The first kappa shape index (κ1) is 56.8. The number of aliphatic carboxylic acids is 1. The van der Waals surface area contributed by atoms with Crippen LogP contribution in [0.4, 0.5) is 4.79 Å². The first-order chi connectivity index (χ1) is 31.4. The maximum atomic E-state index is 13.9. The van der Waals surface area contributed by atoms with Crippen LogP contribution in [0.3, 0.4) is 0 Å². The molecule has 3 heterocycles. The van der Waals surface area contributed by atoms with Gasteiger partial charge in [-0.1, -0.05) is 89.8 Å². The summed E-state index contributed by atoms with van der Waals surface area (Å²) in [6, 6.07) is 8.92. The van der Waals surface area contributed by atoms with E-state index in [0.29, 0.717) is 84.2 Å². The Hall–Kier alpha value is -5.36. The number of amides is 8. The van der Waals surface area contributed by atoms with Crippen molar-refractivity contribution in [2.24, 2.45) is 11.8 Å². The number of carbonyl (C=O) groups excluding carboxylic acids is 7. The van der Waals surface area contributed by atoms with E-state index < -0.39 is 54.7 Å². The summed E-state index contributed by atoms with van der Waals surface area (Å²) < 4.78 is 11.6. The van der Waals surface area contributed by atoms with Crippen molar-refractivity contribution in [1.82, 2.24) is 35.1 Å². The third-order valence-electron chi connectivity index (χ3n) is 12.1. The second-order valence-electron chi connectivity index (χ2n) is 17.1. The van der Waals surface area contributed by atoms with Gasteiger partial charge >= 0.3 is 12.0 Å². The lowest BCUT2D eigenvalue weighted by Crippen LogP contribution is -2.56. The second kappa shape index (κ2) is 30.0. The first-order valence-electron chi connectivity index (χ1n) is 23.4. The number of benzene rings is 1. The molecule has 0 radical (unpaired) electrons. The Labute approximate surface area is 391 Å². The van der Waals surface area contributed by atoms with Crippen molar-refractivity contribution in [3.8, 4) is 0 Å². The van der Waals surface area contributed by atoms with Gasteiger partial charge in [0.1, 0.15) is 6.54 Å². The molecular weight excluding hydrogens is 851 g/mol. The number of likely N-dealkylation sites (tertiary alicyclic amines) is 1. The van der Waals surface area contributed by atoms with Crippen molar-refractivity contribution in [2.75, 3.05) is 73.6 Å². The van der Waals surface area contributed by atoms with Gasteiger partial charge in [0.25, 0.3) is 11.8 Å². The van der Waals surface area contributed by atoms with Crippen molar-refractivity contribution < 1.29 is 52.9 Å². The number of urea groups is 1. The minimum absolute atomic E-state index is 0.0205. The van der Waals surface area contributed by atoms with Crippen molar-refractivity contribution in [2.45, 2.75) is 124 Å². The van der Waals surface area contributed by atoms with Gasteiger partial charge in [-0.15, -0.1) is 0 Å². The van der Waals surface area contributed by atoms with E-state index in [4.69, 9.17) is 14.6 Å². The number of rotatable bonds is 21. The van der Waals surface area contributed by atoms with Crippen LogP contribution in [0.1, 0.15) is 98.0 Å². The fraction of sp³-hybridized carbons (Fsp3) is 0.667. The van der Waals surface area contributed by atoms with Gasteiger partial charge in [0.2, 0.25) is 23.6 Å². The van der Waals surface area contributed by atoms with Gasteiger partial charge in [-0.2, -0.15) is 0 Å². The quantitative estimate of drug-likeness (QED) is 0.119. The van der Waals surface area contributed by atoms with E-state index >= 15 is 0 Å². The fourth-order valence-electron chi connectivity index (χ4n) is 8.26. The number of nitrogens with one attached hydrogen (secondary N) is 2. The zero-order valence-corrected chi connectivity index (χ0v) is 40.8. The van der Waals surface area contributed by atoms with Crippen LogP contribution in [0, 0.1) is 18.8 Å². The highest BCUT2D eigenvalue weighted by atomic mass is 16.5. The Balaban J connectivity index is 0.00000133. The Bertz CT molecular complexity index is 1740. The molecule has 2 saturated heterocycles. The van der Waals surface area contributed by atoms with Crippen molar-refractivity contribution >= 4 is 47.4 Å². The zero-order valence-electron chi connectivity index (χ0n) is 40.8. The predicted octanol–water partition coefficient (Wildman–Crippen LogP) is 3.86. The van der Waals surface area contributed by atoms with E-state index in [-0.39, 0.29) is 48.4 Å². The molecule has 4 rings (SSSR count). The molecule has 2 fully saturated rings. The normalized spacial score (nSPS) is 17.9. The molecule has 1 aromatic rings. The van der Waals surface area contributed by atoms with Crippen LogP contribution in [-0.4, -0.2) is 175 Å². The lowest BCUT2D eigenvalue weighted by Gasteiger charge is -2.39. The van der Waals surface area contributed by atoms with Crippen molar-refractivity contribution in [3.05, 3.63) is 48.0 Å². The topological polar surface area (TPSA) is 216 Å². The molecule has 0 spiro atoms. The first-order valence-corrected chi connectivity index (χ1v) is 23.4. The van der Waals surface area contributed by atoms with Gasteiger partial charge in [0.15, 0.2) is 0 Å². The highest BCUT2D eigenvalue weighted by Crippen LogP contribution is 2.29. The van der Waals surface area contributed by atoms with E-state index in [0.717, 1.165) is 0 Å². The molecule has 66 heavy (non-hydrogen) atoms. The standard InChI is InChI=1S/C38H61N7O11.C7H8.C3H8/c1-7-25(2)35(28(55-5)22-32(49)44-17-11-12-27(44)36(56-6)26(3)37(53)39-24-34(51)52)41(4)33(50)23-40-38(54)43-20-18-42(19-21-43)29(46)13-9-8-10-16-45-30(47)14-15-31(45)48;1-7-5-3-2-4-6-7;1-3-2/h14-15,25-28,35-36H,7-13,16-24H2,1-6H3,(H,39,53)(H,40,54)(H,51,52);2-6H,1H3;3H2,1-2H3. The fourth-order valence-corrected chi connectivity index (χ4v) is 8.26. The lowest BCUT2D eigenvalue weighted by atomic mass is 9.90. The molecule has 0 bridgehead atoms. The Kier molecular flexibility index (Phi) is 25.8. The zero-order chi connectivity index (χ0) is 49.3. The number of ether oxygens (including phenoxy) is 2. The minimum atomic E-state index is -1.17. The van der Waals surface area contributed by atoms with Crippen molar-refractivity contribution in [1.29, 1.82) is 0 Å². The van der Waals surface area contributed by atoms with E-state index in [1.807, 2.05) is 32.0 Å². The number of piperazine rings is 1. The van der Waals surface area contributed by atoms with E-state index in [9.17, 15) is 38.4 Å². The van der Waals surface area contributed by atoms with Gasteiger partial charge in [0, 0.05) is 79.1 Å². The number of methoxy groups -OCH3 is 2. The van der Waals surface area contributed by atoms with Crippen LogP contribution in [-0.2, 0) is 43.0 Å². The van der Waals surface area contributed by atoms with Crippen LogP contribution >= 0.6 is 0 Å². The molecule has 0 saturated carbocycles. The number of likely N-dealkylation sites (N-methyl/N-ethyl adjacent to an activating group) is 1. The van der Waals surface area contributed by atoms with Crippen LogP contribution in [0.15, 0.2) is 42.5 Å². The maximum Gasteiger partial charge on any atom is 0.322 e. The number of unbranched alkanes of at least 4 members (excludes halogenated alkanes) is 2. The molecule has 370 valence electrons. The number of carbonyl (C=O) groups is 8. The molecule has 0 aromatic heterocycles. The number of imide groups is 1. The molecule has 3 aliphatic rings. The van der Waals surface area contributed by atoms with Crippen LogP contribution in [0.25, 0.3) is 0 Å². The van der Waals surface area contributed by atoms with Gasteiger partial charge in [-0.05, 0) is 38.5 Å². The Morgan fingerprint density at radius 2 is 1.42 bits per heavy atom. The van der Waals surface area contributed by atoms with Gasteiger partial charge < -0.3 is 44.8 Å². The SMILES string of the molecule is CCC.CCC(C)C(C(CC(=O)N1CCCC1C(OC)C(C)C(=O)NCC(=O)O)OC)N(C)C(=O)CNC(=O)N1CCN(C(=O)CCCCCN2C(=O)C=CC2=O)CC1.Cc1ccccc1. The van der Waals surface area contributed by atoms with Crippen LogP contribution in [0.2, 0.25) is 0 Å². The van der Waals surface area contributed by atoms with Crippen molar-refractivity contribution in [3.63, 3.8) is 0 Å². The molecule has 18 nitrogen and oxygen atoms in total. The smallest absolute Gasteiger partial charge is 0.322 e. The summed E-state index contributed by atoms with van der Waals surface area (Å²) in [5, 5.41) is 14.1. The molecule has 1 aromatic carbocycles. The highest BCUT2D eigenvalue weighted by Gasteiger charge is 2.42. The summed E-state index contributed by atoms with van der Waals surface area (Å²) in [5.74, 6) is -3.66. The summed E-state index contributed by atoms with van der Waals surface area (Å²) in [4.78, 5) is 108. The largest absolute Gasteiger partial charge is 0.480 e. The number of carboxylic acids is 1. The Morgan fingerprint density at radius 1 is 0.818 bits per heavy atom. The maximum absolute atomic E-state index is 13.9. The Morgan fingerprint density at radius 3 is 1.95 bits per heavy atom. The van der Waals surface area contributed by atoms with E-state index in [1.54, 1.807) is 28.7 Å². The summed E-state index contributed by atoms with van der Waals surface area (Å²) in [6.07, 6.45) is 6.63. The molecule has 6 unspecified atom stereocenters. The molecular formula is C48H77N7O11. The van der Waals surface area contributed by atoms with Crippen LogP contribution in [0.5, 0.6) is 0 Å². The molecule has 8 amide bonds. The third kappa shape index (κ3) is 18.1. The average Bonchev–Trinajstić information content (AvgIpc) is 3.92. The molecule has 3 aliphatic heterocycles. The molecule has 0 aliphatic carbocycles. The summed E-state index contributed by atoms with van der Waals surface area (Å²) >= 11 is 0. The monoisotopic (exact) mass is 928 g/mol. The molecule has 3 N–H and O–H groups in total. The summed E-state index contributed by atoms with van der Waals surface area (Å²) in [7, 11) is 4.58. The number of hydrogen-bond acceptors (Lipinski definition) is 10. The van der Waals surface area contributed by atoms with E-state index in [1.165, 1.54) is 48.2 Å². The van der Waals surface area contributed by atoms with Gasteiger partial charge in [-0.3, -0.25) is 38.5 Å².